The molecule has 0 bridgehead atoms. The number of ether oxygens (including phenoxy) is 2. The minimum Gasteiger partial charge on any atom is -0.486 e. The quantitative estimate of drug-likeness (QED) is 0.478. The molecule has 2 aliphatic rings. The van der Waals surface area contributed by atoms with Gasteiger partial charge in [0.15, 0.2) is 11.5 Å². The van der Waals surface area contributed by atoms with Gasteiger partial charge in [-0.05, 0) is 61.6 Å². The Hall–Kier alpha value is -2.86. The summed E-state index contributed by atoms with van der Waals surface area (Å²) >= 11 is 1.61. The number of thiazole rings is 1. The van der Waals surface area contributed by atoms with Crippen molar-refractivity contribution in [2.75, 3.05) is 13.2 Å². The maximum absolute atomic E-state index is 5.80. The number of hydrogen-bond acceptors (Lipinski definition) is 5. The fourth-order valence-corrected chi connectivity index (χ4v) is 5.00. The topological polar surface area (TPSA) is 48.1 Å². The van der Waals surface area contributed by atoms with Crippen LogP contribution in [0, 0.1) is 12.8 Å². The van der Waals surface area contributed by atoms with Crippen molar-refractivity contribution in [2.45, 2.75) is 39.0 Å². The number of rotatable bonds is 4. The van der Waals surface area contributed by atoms with Crippen molar-refractivity contribution in [2.24, 2.45) is 16.0 Å². The molecule has 5 nitrogen and oxygen atoms in total. The Morgan fingerprint density at radius 3 is 2.68 bits per heavy atom. The second-order valence-electron chi connectivity index (χ2n) is 8.19. The van der Waals surface area contributed by atoms with Crippen LogP contribution in [0.4, 0.5) is 5.69 Å². The molecule has 1 saturated carbocycles. The zero-order valence-electron chi connectivity index (χ0n) is 17.8. The zero-order valence-corrected chi connectivity index (χ0v) is 18.6. The first-order valence-corrected chi connectivity index (χ1v) is 11.9. The maximum atomic E-state index is 5.80. The molecule has 0 amide bonds. The summed E-state index contributed by atoms with van der Waals surface area (Å²) in [4.78, 5) is 5.77. The van der Waals surface area contributed by atoms with Crippen molar-refractivity contribution >= 4 is 23.2 Å². The van der Waals surface area contributed by atoms with Gasteiger partial charge >= 0.3 is 0 Å². The monoisotopic (exact) mass is 433 g/mol. The third-order valence-corrected chi connectivity index (χ3v) is 6.61. The lowest BCUT2D eigenvalue weighted by Gasteiger charge is -2.19. The summed E-state index contributed by atoms with van der Waals surface area (Å²) < 4.78 is 13.5. The molecule has 31 heavy (non-hydrogen) atoms. The van der Waals surface area contributed by atoms with Gasteiger partial charge in [-0.1, -0.05) is 31.4 Å². The molecule has 0 atom stereocenters. The summed E-state index contributed by atoms with van der Waals surface area (Å²) in [6.07, 6.45) is 8.49. The Labute approximate surface area is 186 Å². The van der Waals surface area contributed by atoms with E-state index in [-0.39, 0.29) is 0 Å². The van der Waals surface area contributed by atoms with Crippen LogP contribution in [-0.2, 0) is 0 Å². The first-order chi connectivity index (χ1) is 15.3. The van der Waals surface area contributed by atoms with Crippen molar-refractivity contribution in [3.8, 4) is 22.8 Å². The summed E-state index contributed by atoms with van der Waals surface area (Å²) in [6.45, 7) is 3.26. The van der Waals surface area contributed by atoms with Gasteiger partial charge < -0.3 is 9.47 Å². The predicted octanol–water partition coefficient (Wildman–Crippen LogP) is 5.94. The van der Waals surface area contributed by atoms with E-state index in [1.807, 2.05) is 28.9 Å². The summed E-state index contributed by atoms with van der Waals surface area (Å²) in [5.74, 6) is 2.13. The highest BCUT2D eigenvalue weighted by Gasteiger charge is 2.16. The molecular weight excluding hydrogens is 406 g/mol. The van der Waals surface area contributed by atoms with E-state index in [0.29, 0.717) is 19.1 Å². The zero-order chi connectivity index (χ0) is 21.0. The average molecular weight is 434 g/mol. The fraction of sp³-hybridized carbons (Fsp3) is 0.360. The lowest BCUT2D eigenvalue weighted by Crippen LogP contribution is -2.16. The van der Waals surface area contributed by atoms with E-state index in [2.05, 4.69) is 36.7 Å². The normalized spacial score (nSPS) is 17.4. The Bertz CT molecular complexity index is 1160. The van der Waals surface area contributed by atoms with Gasteiger partial charge in [-0.3, -0.25) is 0 Å². The predicted molar refractivity (Wildman–Crippen MR) is 126 cm³/mol. The van der Waals surface area contributed by atoms with Crippen molar-refractivity contribution in [3.63, 3.8) is 0 Å². The molecule has 3 aromatic rings. The second kappa shape index (κ2) is 9.10. The van der Waals surface area contributed by atoms with Crippen LogP contribution in [0.2, 0.25) is 0 Å². The average Bonchev–Trinajstić information content (AvgIpc) is 3.20. The minimum atomic E-state index is 0.543. The van der Waals surface area contributed by atoms with E-state index >= 15 is 0 Å². The molecule has 0 unspecified atom stereocenters. The van der Waals surface area contributed by atoms with Crippen LogP contribution < -0.4 is 14.3 Å². The minimum absolute atomic E-state index is 0.543. The standard InChI is InChI=1S/C25H27N3O2S/c1-18-6-5-9-21(14-18)27-25-28(26-16-19-7-3-2-4-8-19)22(17-31-25)20-10-11-23-24(15-20)30-13-12-29-23/h5-6,9-11,14-17,19H,2-4,7-8,12-13H2,1H3. The second-order valence-corrected chi connectivity index (χ2v) is 9.02. The Kier molecular flexibility index (Phi) is 5.89. The van der Waals surface area contributed by atoms with Crippen LogP contribution in [0.1, 0.15) is 37.7 Å². The SMILES string of the molecule is Cc1cccc(N=c2scc(-c3ccc4c(c3)OCCO4)n2N=CC2CCCCC2)c1. The van der Waals surface area contributed by atoms with Crippen molar-refractivity contribution < 1.29 is 9.47 Å². The first-order valence-electron chi connectivity index (χ1n) is 11.0. The van der Waals surface area contributed by atoms with Crippen molar-refractivity contribution in [3.05, 3.63) is 58.2 Å². The molecule has 2 aromatic carbocycles. The van der Waals surface area contributed by atoms with Crippen LogP contribution >= 0.6 is 11.3 Å². The molecule has 0 spiro atoms. The van der Waals surface area contributed by atoms with E-state index in [0.717, 1.165) is 33.2 Å². The highest BCUT2D eigenvalue weighted by atomic mass is 32.1. The van der Waals surface area contributed by atoms with Crippen LogP contribution in [0.15, 0.2) is 57.9 Å². The molecule has 0 saturated heterocycles. The van der Waals surface area contributed by atoms with Crippen LogP contribution in [0.5, 0.6) is 11.5 Å². The molecule has 0 N–H and O–H groups in total. The third kappa shape index (κ3) is 4.59. The van der Waals surface area contributed by atoms with Crippen LogP contribution in [0.25, 0.3) is 11.3 Å². The summed E-state index contributed by atoms with van der Waals surface area (Å²) in [7, 11) is 0. The van der Waals surface area contributed by atoms with Gasteiger partial charge in [-0.2, -0.15) is 5.10 Å². The summed E-state index contributed by atoms with van der Waals surface area (Å²) in [5, 5.41) is 7.06. The molecule has 160 valence electrons. The lowest BCUT2D eigenvalue weighted by atomic mass is 9.90. The number of benzene rings is 2. The van der Waals surface area contributed by atoms with E-state index in [1.54, 1.807) is 11.3 Å². The van der Waals surface area contributed by atoms with Gasteiger partial charge in [0.1, 0.15) is 13.2 Å². The van der Waals surface area contributed by atoms with Gasteiger partial charge in [0.05, 0.1) is 11.4 Å². The Balaban J connectivity index is 1.57. The Morgan fingerprint density at radius 1 is 1.00 bits per heavy atom. The van der Waals surface area contributed by atoms with E-state index in [4.69, 9.17) is 19.6 Å². The van der Waals surface area contributed by atoms with E-state index < -0.39 is 0 Å². The fourth-order valence-electron chi connectivity index (χ4n) is 4.14. The molecule has 5 rings (SSSR count). The summed E-state index contributed by atoms with van der Waals surface area (Å²) in [5.41, 5.74) is 4.20. The highest BCUT2D eigenvalue weighted by Crippen LogP contribution is 2.35. The number of aryl methyl sites for hydroxylation is 1. The molecule has 1 aliphatic carbocycles. The number of hydrogen-bond donors (Lipinski definition) is 0. The first kappa shape index (κ1) is 20.1. The van der Waals surface area contributed by atoms with Crippen molar-refractivity contribution in [1.29, 1.82) is 0 Å². The van der Waals surface area contributed by atoms with Gasteiger partial charge in [-0.15, -0.1) is 11.3 Å². The molecular formula is C25H27N3O2S. The molecule has 1 fully saturated rings. The lowest BCUT2D eigenvalue weighted by molar-refractivity contribution is 0.171. The Morgan fingerprint density at radius 2 is 1.84 bits per heavy atom. The summed E-state index contributed by atoms with van der Waals surface area (Å²) in [6, 6.07) is 14.3. The van der Waals surface area contributed by atoms with E-state index in [1.165, 1.54) is 37.7 Å². The molecule has 1 aromatic heterocycles. The highest BCUT2D eigenvalue weighted by molar-refractivity contribution is 7.07. The molecule has 1 aliphatic heterocycles. The smallest absolute Gasteiger partial charge is 0.211 e. The number of aromatic nitrogens is 1. The van der Waals surface area contributed by atoms with Crippen LogP contribution in [0.3, 0.4) is 0 Å². The van der Waals surface area contributed by atoms with Gasteiger partial charge in [0.2, 0.25) is 4.80 Å². The third-order valence-electron chi connectivity index (χ3n) is 5.79. The van der Waals surface area contributed by atoms with Gasteiger partial charge in [0.25, 0.3) is 0 Å². The maximum Gasteiger partial charge on any atom is 0.211 e. The van der Waals surface area contributed by atoms with Crippen molar-refractivity contribution in [1.82, 2.24) is 4.68 Å². The number of nitrogens with zero attached hydrogens (tertiary/aromatic N) is 3. The number of fused-ring (bicyclic) bond motifs is 1. The van der Waals surface area contributed by atoms with Crippen LogP contribution in [-0.4, -0.2) is 24.1 Å². The molecule has 2 heterocycles. The molecule has 6 heteroatoms. The molecule has 0 radical (unpaired) electrons. The largest absolute Gasteiger partial charge is 0.486 e. The van der Waals surface area contributed by atoms with E-state index in [9.17, 15) is 0 Å². The van der Waals surface area contributed by atoms with Gasteiger partial charge in [-0.25, -0.2) is 9.67 Å². The van der Waals surface area contributed by atoms with Gasteiger partial charge in [0, 0.05) is 17.2 Å².